The molecule has 0 spiro atoms. The standard InChI is InChI=1S/C15H12Cl3NOS/c16-10-7-12(18)13(8-11(10)17)19-15(20)14(21)6-9-4-2-1-3-5-9/h1-5,7-8,14,21H,6H2,(H,19,20). The highest BCUT2D eigenvalue weighted by Crippen LogP contribution is 2.32. The number of hydrogen-bond acceptors (Lipinski definition) is 2. The minimum absolute atomic E-state index is 0.248. The van der Waals surface area contributed by atoms with Crippen LogP contribution in [-0.2, 0) is 11.2 Å². The van der Waals surface area contributed by atoms with Crippen LogP contribution in [0.2, 0.25) is 15.1 Å². The third-order valence-corrected chi connectivity index (χ3v) is 4.29. The maximum absolute atomic E-state index is 12.1. The van der Waals surface area contributed by atoms with Gasteiger partial charge in [-0.3, -0.25) is 4.79 Å². The van der Waals surface area contributed by atoms with Crippen LogP contribution in [0.25, 0.3) is 0 Å². The maximum Gasteiger partial charge on any atom is 0.237 e. The van der Waals surface area contributed by atoms with Crippen LogP contribution >= 0.6 is 47.4 Å². The molecule has 1 N–H and O–H groups in total. The minimum atomic E-state index is -0.488. The van der Waals surface area contributed by atoms with Gasteiger partial charge >= 0.3 is 0 Å². The van der Waals surface area contributed by atoms with Crippen LogP contribution in [-0.4, -0.2) is 11.2 Å². The molecular weight excluding hydrogens is 349 g/mol. The molecule has 1 amide bonds. The first-order chi connectivity index (χ1) is 9.97. The van der Waals surface area contributed by atoms with E-state index in [0.717, 1.165) is 5.56 Å². The number of rotatable bonds is 4. The highest BCUT2D eigenvalue weighted by Gasteiger charge is 2.16. The molecule has 110 valence electrons. The monoisotopic (exact) mass is 359 g/mol. The Balaban J connectivity index is 2.06. The number of anilines is 1. The molecule has 0 radical (unpaired) electrons. The van der Waals surface area contributed by atoms with Gasteiger partial charge in [0.2, 0.25) is 5.91 Å². The van der Waals surface area contributed by atoms with E-state index < -0.39 is 5.25 Å². The van der Waals surface area contributed by atoms with Crippen molar-refractivity contribution in [3.05, 3.63) is 63.1 Å². The predicted molar refractivity (Wildman–Crippen MR) is 93.0 cm³/mol. The molecule has 6 heteroatoms. The zero-order chi connectivity index (χ0) is 15.4. The van der Waals surface area contributed by atoms with Crippen LogP contribution in [0.1, 0.15) is 5.56 Å². The highest BCUT2D eigenvalue weighted by atomic mass is 35.5. The van der Waals surface area contributed by atoms with Crippen molar-refractivity contribution in [2.24, 2.45) is 0 Å². The largest absolute Gasteiger partial charge is 0.324 e. The minimum Gasteiger partial charge on any atom is -0.324 e. The normalized spacial score (nSPS) is 12.0. The van der Waals surface area contributed by atoms with Crippen LogP contribution in [0, 0.1) is 0 Å². The number of benzene rings is 2. The summed E-state index contributed by atoms with van der Waals surface area (Å²) >= 11 is 22.1. The Hall–Kier alpha value is -0.870. The number of nitrogens with one attached hydrogen (secondary N) is 1. The highest BCUT2D eigenvalue weighted by molar-refractivity contribution is 7.81. The van der Waals surface area contributed by atoms with E-state index in [4.69, 9.17) is 34.8 Å². The second-order valence-electron chi connectivity index (χ2n) is 4.44. The molecule has 0 aliphatic carbocycles. The van der Waals surface area contributed by atoms with Crippen molar-refractivity contribution in [3.8, 4) is 0 Å². The van der Waals surface area contributed by atoms with Gasteiger partial charge in [0.05, 0.1) is 26.0 Å². The van der Waals surface area contributed by atoms with E-state index >= 15 is 0 Å². The van der Waals surface area contributed by atoms with Gasteiger partial charge in [0.1, 0.15) is 0 Å². The number of hydrogen-bond donors (Lipinski definition) is 2. The van der Waals surface area contributed by atoms with Crippen LogP contribution < -0.4 is 5.32 Å². The molecule has 0 saturated heterocycles. The Labute approximate surface area is 143 Å². The van der Waals surface area contributed by atoms with Crippen molar-refractivity contribution >= 4 is 59.0 Å². The fraction of sp³-hybridized carbons (Fsp3) is 0.133. The summed E-state index contributed by atoms with van der Waals surface area (Å²) in [7, 11) is 0. The van der Waals surface area contributed by atoms with Crippen molar-refractivity contribution in [3.63, 3.8) is 0 Å². The Morgan fingerprint density at radius 1 is 1.05 bits per heavy atom. The number of halogens is 3. The molecule has 1 atom stereocenters. The van der Waals surface area contributed by atoms with Gasteiger partial charge < -0.3 is 5.32 Å². The van der Waals surface area contributed by atoms with E-state index in [1.54, 1.807) is 0 Å². The second kappa shape index (κ2) is 7.41. The SMILES string of the molecule is O=C(Nc1cc(Cl)c(Cl)cc1Cl)C(S)Cc1ccccc1. The molecule has 2 nitrogen and oxygen atoms in total. The summed E-state index contributed by atoms with van der Waals surface area (Å²) in [6, 6.07) is 12.7. The quantitative estimate of drug-likeness (QED) is 0.574. The Morgan fingerprint density at radius 3 is 2.33 bits per heavy atom. The molecule has 0 aliphatic rings. The first kappa shape index (κ1) is 16.5. The van der Waals surface area contributed by atoms with E-state index in [-0.39, 0.29) is 5.91 Å². The lowest BCUT2D eigenvalue weighted by Gasteiger charge is -2.13. The van der Waals surface area contributed by atoms with Crippen LogP contribution in [0.4, 0.5) is 5.69 Å². The summed E-state index contributed by atoms with van der Waals surface area (Å²) in [6.45, 7) is 0. The average molecular weight is 361 g/mol. The molecular formula is C15H12Cl3NOS. The third-order valence-electron chi connectivity index (χ3n) is 2.84. The summed E-state index contributed by atoms with van der Waals surface area (Å²) in [5, 5.41) is 3.22. The van der Waals surface area contributed by atoms with Gasteiger partial charge in [-0.2, -0.15) is 12.6 Å². The summed E-state index contributed by atoms with van der Waals surface area (Å²) in [5.41, 5.74) is 1.45. The van der Waals surface area contributed by atoms with Gasteiger partial charge in [-0.1, -0.05) is 65.1 Å². The van der Waals surface area contributed by atoms with Gasteiger partial charge in [-0.05, 0) is 24.1 Å². The summed E-state index contributed by atoms with van der Waals surface area (Å²) in [5.74, 6) is -0.248. The van der Waals surface area contributed by atoms with Crippen molar-refractivity contribution in [2.75, 3.05) is 5.32 Å². The second-order valence-corrected chi connectivity index (χ2v) is 6.29. The van der Waals surface area contributed by atoms with Gasteiger partial charge in [0, 0.05) is 0 Å². The molecule has 1 unspecified atom stereocenters. The first-order valence-corrected chi connectivity index (χ1v) is 7.80. The van der Waals surface area contributed by atoms with Crippen LogP contribution in [0.3, 0.4) is 0 Å². The number of carbonyl (C=O) groups excluding carboxylic acids is 1. The van der Waals surface area contributed by atoms with Crippen molar-refractivity contribution in [1.82, 2.24) is 0 Å². The fourth-order valence-electron chi connectivity index (χ4n) is 1.76. The molecule has 2 rings (SSSR count). The molecule has 0 saturated carbocycles. The van der Waals surface area contributed by atoms with Gasteiger partial charge in [0.25, 0.3) is 0 Å². The summed E-state index contributed by atoms with van der Waals surface area (Å²) in [6.07, 6.45) is 0.523. The van der Waals surface area contributed by atoms with Crippen molar-refractivity contribution in [2.45, 2.75) is 11.7 Å². The zero-order valence-electron chi connectivity index (χ0n) is 10.8. The Kier molecular flexibility index (Phi) is 5.82. The Morgan fingerprint density at radius 2 is 1.67 bits per heavy atom. The third kappa shape index (κ3) is 4.55. The first-order valence-electron chi connectivity index (χ1n) is 6.15. The van der Waals surface area contributed by atoms with E-state index in [1.807, 2.05) is 30.3 Å². The summed E-state index contributed by atoms with van der Waals surface area (Å²) in [4.78, 5) is 12.1. The molecule has 21 heavy (non-hydrogen) atoms. The van der Waals surface area contributed by atoms with Gasteiger partial charge in [-0.15, -0.1) is 0 Å². The molecule has 0 aliphatic heterocycles. The van der Waals surface area contributed by atoms with Crippen LogP contribution in [0.5, 0.6) is 0 Å². The Bertz CT molecular complexity index is 649. The van der Waals surface area contributed by atoms with Crippen molar-refractivity contribution in [1.29, 1.82) is 0 Å². The lowest BCUT2D eigenvalue weighted by atomic mass is 10.1. The van der Waals surface area contributed by atoms with Gasteiger partial charge in [-0.25, -0.2) is 0 Å². The molecule has 0 bridgehead atoms. The molecule has 0 aromatic heterocycles. The predicted octanol–water partition coefficient (Wildman–Crippen LogP) is 5.13. The van der Waals surface area contributed by atoms with Crippen LogP contribution in [0.15, 0.2) is 42.5 Å². The number of amides is 1. The maximum atomic E-state index is 12.1. The molecule has 0 fully saturated rings. The summed E-state index contributed by atoms with van der Waals surface area (Å²) < 4.78 is 0. The fourth-order valence-corrected chi connectivity index (χ4v) is 2.63. The molecule has 2 aromatic carbocycles. The lowest BCUT2D eigenvalue weighted by Crippen LogP contribution is -2.25. The van der Waals surface area contributed by atoms with E-state index in [1.165, 1.54) is 12.1 Å². The van der Waals surface area contributed by atoms with E-state index in [2.05, 4.69) is 17.9 Å². The zero-order valence-corrected chi connectivity index (χ0v) is 14.0. The topological polar surface area (TPSA) is 29.1 Å². The van der Waals surface area contributed by atoms with Crippen molar-refractivity contribution < 1.29 is 4.79 Å². The van der Waals surface area contributed by atoms with E-state index in [0.29, 0.717) is 27.2 Å². The average Bonchev–Trinajstić information content (AvgIpc) is 2.45. The number of thiol groups is 1. The molecule has 2 aromatic rings. The lowest BCUT2D eigenvalue weighted by molar-refractivity contribution is -0.115. The smallest absolute Gasteiger partial charge is 0.237 e. The van der Waals surface area contributed by atoms with E-state index in [9.17, 15) is 4.79 Å². The van der Waals surface area contributed by atoms with Gasteiger partial charge in [0.15, 0.2) is 0 Å². The number of carbonyl (C=O) groups is 1. The molecule has 0 heterocycles.